The van der Waals surface area contributed by atoms with Gasteiger partial charge in [0.15, 0.2) is 0 Å². The van der Waals surface area contributed by atoms with E-state index in [1.165, 1.54) is 0 Å². The van der Waals surface area contributed by atoms with Crippen molar-refractivity contribution in [3.8, 4) is 0 Å². The summed E-state index contributed by atoms with van der Waals surface area (Å²) in [6.07, 6.45) is 2.96. The first-order valence-electron chi connectivity index (χ1n) is 4.60. The zero-order valence-corrected chi connectivity index (χ0v) is 8.55. The van der Waals surface area contributed by atoms with E-state index in [0.29, 0.717) is 0 Å². The second-order valence-electron chi connectivity index (χ2n) is 5.14. The first kappa shape index (κ1) is 9.96. The fourth-order valence-corrected chi connectivity index (χ4v) is 2.11. The summed E-state index contributed by atoms with van der Waals surface area (Å²) in [5.74, 6) is 5.82. The van der Waals surface area contributed by atoms with Gasteiger partial charge in [-0.25, -0.2) is 0 Å². The molecule has 3 heteroatoms. The Morgan fingerprint density at radius 1 is 1.08 bits per heavy atom. The Bertz CT molecular complexity index is 167. The van der Waals surface area contributed by atoms with Crippen molar-refractivity contribution in [1.29, 1.82) is 0 Å². The van der Waals surface area contributed by atoms with Gasteiger partial charge >= 0.3 is 0 Å². The van der Waals surface area contributed by atoms with E-state index in [-0.39, 0.29) is 11.1 Å². The molecule has 72 valence electrons. The van der Waals surface area contributed by atoms with Gasteiger partial charge in [-0.15, -0.1) is 0 Å². The summed E-state index contributed by atoms with van der Waals surface area (Å²) in [5, 5.41) is 12.1. The van der Waals surface area contributed by atoms with Gasteiger partial charge in [0.25, 0.3) is 0 Å². The summed E-state index contributed by atoms with van der Waals surface area (Å²) in [6.45, 7) is 7.84. The standard InChI is InChI=1S/C9H20N2O/c1-8(2)6-5-7-9(3,4)11(8,10)12/h5-7,10H2,1-4H3. The molecule has 0 aliphatic carbocycles. The number of piperidine rings is 1. The van der Waals surface area contributed by atoms with Gasteiger partial charge in [0.2, 0.25) is 0 Å². The van der Waals surface area contributed by atoms with E-state index in [1.807, 2.05) is 27.7 Å². The van der Waals surface area contributed by atoms with Gasteiger partial charge in [0.05, 0.1) is 0 Å². The van der Waals surface area contributed by atoms with Crippen LogP contribution in [0.2, 0.25) is 0 Å². The van der Waals surface area contributed by atoms with Crippen LogP contribution in [0.5, 0.6) is 0 Å². The SMILES string of the molecule is CC1(C)CCCC(C)(C)[N+]1(N)[O-]. The number of hydrogen-bond donors (Lipinski definition) is 1. The van der Waals surface area contributed by atoms with Crippen LogP contribution in [0.15, 0.2) is 0 Å². The van der Waals surface area contributed by atoms with Crippen LogP contribution < -0.4 is 5.84 Å². The van der Waals surface area contributed by atoms with Gasteiger partial charge in [-0.2, -0.15) is 5.84 Å². The predicted molar refractivity (Wildman–Crippen MR) is 49.8 cm³/mol. The molecule has 0 spiro atoms. The molecule has 0 saturated carbocycles. The molecule has 0 aromatic rings. The van der Waals surface area contributed by atoms with Crippen molar-refractivity contribution in [1.82, 2.24) is 0 Å². The third-order valence-electron chi connectivity index (χ3n) is 3.38. The lowest BCUT2D eigenvalue weighted by molar-refractivity contribution is -0.988. The minimum Gasteiger partial charge on any atom is -0.611 e. The van der Waals surface area contributed by atoms with Gasteiger partial charge in [-0.05, 0) is 34.1 Å². The average Bonchev–Trinajstić information content (AvgIpc) is 1.83. The van der Waals surface area contributed by atoms with Gasteiger partial charge in [-0.3, -0.25) is 4.76 Å². The number of quaternary nitrogens is 1. The molecule has 0 atom stereocenters. The van der Waals surface area contributed by atoms with Crippen molar-refractivity contribution in [2.24, 2.45) is 5.84 Å². The third-order valence-corrected chi connectivity index (χ3v) is 3.38. The second-order valence-corrected chi connectivity index (χ2v) is 5.14. The minimum atomic E-state index is -0.597. The zero-order chi connectivity index (χ0) is 9.62. The second kappa shape index (κ2) is 2.44. The summed E-state index contributed by atoms with van der Waals surface area (Å²) < 4.78 is -0.597. The van der Waals surface area contributed by atoms with E-state index >= 15 is 0 Å². The number of nitrogens with zero attached hydrogens (tertiary/aromatic N) is 1. The summed E-state index contributed by atoms with van der Waals surface area (Å²) in [7, 11) is 0. The Kier molecular flexibility index (Phi) is 2.02. The van der Waals surface area contributed by atoms with Crippen LogP contribution in [-0.4, -0.2) is 15.8 Å². The highest BCUT2D eigenvalue weighted by molar-refractivity contribution is 4.84. The van der Waals surface area contributed by atoms with E-state index in [2.05, 4.69) is 0 Å². The fraction of sp³-hybridized carbons (Fsp3) is 1.00. The lowest BCUT2D eigenvalue weighted by Crippen LogP contribution is -2.73. The van der Waals surface area contributed by atoms with Crippen LogP contribution >= 0.6 is 0 Å². The molecule has 3 nitrogen and oxygen atoms in total. The van der Waals surface area contributed by atoms with Crippen LogP contribution in [0.4, 0.5) is 0 Å². The minimum absolute atomic E-state index is 0.332. The van der Waals surface area contributed by atoms with Gasteiger partial charge in [0.1, 0.15) is 11.1 Å². The van der Waals surface area contributed by atoms with Crippen LogP contribution in [0.1, 0.15) is 47.0 Å². The van der Waals surface area contributed by atoms with Crippen molar-refractivity contribution >= 4 is 0 Å². The number of nitrogens with two attached hydrogens (primary N) is 1. The summed E-state index contributed by atoms with van der Waals surface area (Å²) in [5.41, 5.74) is -0.663. The highest BCUT2D eigenvalue weighted by atomic mass is 16.6. The van der Waals surface area contributed by atoms with E-state index < -0.39 is 4.76 Å². The predicted octanol–water partition coefficient (Wildman–Crippen LogP) is 1.92. The molecule has 0 aromatic carbocycles. The molecule has 2 N–H and O–H groups in total. The Morgan fingerprint density at radius 2 is 1.42 bits per heavy atom. The first-order valence-corrected chi connectivity index (χ1v) is 4.60. The Balaban J connectivity index is 2.99. The van der Waals surface area contributed by atoms with E-state index in [4.69, 9.17) is 5.84 Å². The van der Waals surface area contributed by atoms with Crippen molar-refractivity contribution in [3.63, 3.8) is 0 Å². The van der Waals surface area contributed by atoms with E-state index in [1.54, 1.807) is 0 Å². The quantitative estimate of drug-likeness (QED) is 0.345. The summed E-state index contributed by atoms with van der Waals surface area (Å²) in [6, 6.07) is 0. The van der Waals surface area contributed by atoms with Crippen LogP contribution in [-0.2, 0) is 0 Å². The smallest absolute Gasteiger partial charge is 0.111 e. The van der Waals surface area contributed by atoms with E-state index in [9.17, 15) is 5.21 Å². The molecule has 1 heterocycles. The molecular weight excluding hydrogens is 152 g/mol. The number of rotatable bonds is 0. The molecule has 0 unspecified atom stereocenters. The highest BCUT2D eigenvalue weighted by Gasteiger charge is 2.49. The van der Waals surface area contributed by atoms with Gasteiger partial charge in [0, 0.05) is 12.8 Å². The molecule has 0 radical (unpaired) electrons. The third kappa shape index (κ3) is 1.16. The molecular formula is C9H20N2O. The monoisotopic (exact) mass is 172 g/mol. The maximum absolute atomic E-state index is 12.1. The molecule has 12 heavy (non-hydrogen) atoms. The maximum atomic E-state index is 12.1. The maximum Gasteiger partial charge on any atom is 0.111 e. The lowest BCUT2D eigenvalue weighted by Gasteiger charge is -2.61. The normalized spacial score (nSPS) is 31.5. The molecule has 1 rings (SSSR count). The fourth-order valence-electron chi connectivity index (χ4n) is 2.11. The Labute approximate surface area is 74.7 Å². The van der Waals surface area contributed by atoms with Crippen molar-refractivity contribution in [2.45, 2.75) is 58.0 Å². The van der Waals surface area contributed by atoms with Gasteiger partial charge in [-0.1, -0.05) is 0 Å². The molecule has 0 aromatic heterocycles. The molecule has 1 fully saturated rings. The van der Waals surface area contributed by atoms with Crippen molar-refractivity contribution in [3.05, 3.63) is 5.21 Å². The summed E-state index contributed by atoms with van der Waals surface area (Å²) in [4.78, 5) is 0. The number of hydrogen-bond acceptors (Lipinski definition) is 2. The van der Waals surface area contributed by atoms with Crippen LogP contribution in [0.25, 0.3) is 0 Å². The molecule has 0 amide bonds. The molecule has 1 saturated heterocycles. The van der Waals surface area contributed by atoms with Gasteiger partial charge < -0.3 is 5.21 Å². The van der Waals surface area contributed by atoms with Crippen LogP contribution in [0, 0.1) is 5.21 Å². The van der Waals surface area contributed by atoms with E-state index in [0.717, 1.165) is 19.3 Å². The Hall–Kier alpha value is -0.120. The largest absolute Gasteiger partial charge is 0.611 e. The lowest BCUT2D eigenvalue weighted by atomic mass is 9.81. The highest BCUT2D eigenvalue weighted by Crippen LogP contribution is 2.41. The molecule has 0 bridgehead atoms. The van der Waals surface area contributed by atoms with Crippen LogP contribution in [0.3, 0.4) is 0 Å². The Morgan fingerprint density at radius 3 is 1.67 bits per heavy atom. The van der Waals surface area contributed by atoms with Crippen molar-refractivity contribution in [2.75, 3.05) is 0 Å². The molecule has 1 aliphatic rings. The first-order chi connectivity index (χ1) is 5.21. The van der Waals surface area contributed by atoms with Crippen molar-refractivity contribution < 1.29 is 4.76 Å². The zero-order valence-electron chi connectivity index (χ0n) is 8.55. The topological polar surface area (TPSA) is 49.1 Å². The number of hydroxylamine groups is 2. The average molecular weight is 172 g/mol. The molecule has 1 aliphatic heterocycles. The summed E-state index contributed by atoms with van der Waals surface area (Å²) >= 11 is 0.